The van der Waals surface area contributed by atoms with Crippen molar-refractivity contribution >= 4 is 11.8 Å². The molecule has 1 heterocycles. The van der Waals surface area contributed by atoms with Crippen LogP contribution in [0.15, 0.2) is 22.8 Å². The van der Waals surface area contributed by atoms with Crippen LogP contribution in [-0.4, -0.2) is 5.37 Å². The van der Waals surface area contributed by atoms with E-state index < -0.39 is 0 Å². The summed E-state index contributed by atoms with van der Waals surface area (Å²) in [6.07, 6.45) is 2.16. The number of nitrogens with one attached hydrogen (secondary N) is 1. The quantitative estimate of drug-likeness (QED) is 0.624. The highest BCUT2D eigenvalue weighted by molar-refractivity contribution is 8.02. The summed E-state index contributed by atoms with van der Waals surface area (Å²) in [6, 6.07) is 0. The number of rotatable bonds is 1. The molecular formula is C8H13NS. The summed E-state index contributed by atoms with van der Waals surface area (Å²) < 4.78 is 0. The molecule has 2 heteroatoms. The minimum absolute atomic E-state index is 0.547. The lowest BCUT2D eigenvalue weighted by atomic mass is 10.3. The van der Waals surface area contributed by atoms with Gasteiger partial charge in [-0.05, 0) is 32.3 Å². The highest BCUT2D eigenvalue weighted by Gasteiger charge is 2.07. The van der Waals surface area contributed by atoms with Crippen LogP contribution < -0.4 is 5.32 Å². The Labute approximate surface area is 66.6 Å². The van der Waals surface area contributed by atoms with Gasteiger partial charge in [0.1, 0.15) is 0 Å². The van der Waals surface area contributed by atoms with Crippen molar-refractivity contribution in [3.8, 4) is 0 Å². The van der Waals surface area contributed by atoms with Crippen LogP contribution in [0.2, 0.25) is 0 Å². The van der Waals surface area contributed by atoms with Crippen molar-refractivity contribution in [3.63, 3.8) is 0 Å². The summed E-state index contributed by atoms with van der Waals surface area (Å²) in [4.78, 5) is 0. The average Bonchev–Trinajstić information content (AvgIpc) is 2.13. The molecule has 0 aromatic rings. The average molecular weight is 155 g/mol. The minimum Gasteiger partial charge on any atom is -0.373 e. The lowest BCUT2D eigenvalue weighted by Crippen LogP contribution is -2.14. The van der Waals surface area contributed by atoms with E-state index in [1.165, 1.54) is 11.3 Å². The Hall–Kier alpha value is -0.370. The summed E-state index contributed by atoms with van der Waals surface area (Å²) in [5, 5.41) is 6.04. The van der Waals surface area contributed by atoms with Crippen molar-refractivity contribution in [3.05, 3.63) is 22.8 Å². The first kappa shape index (κ1) is 7.73. The molecule has 0 saturated heterocycles. The fraction of sp³-hybridized carbons (Fsp3) is 0.500. The summed E-state index contributed by atoms with van der Waals surface area (Å²) >= 11 is 1.83. The third-order valence-corrected chi connectivity index (χ3v) is 2.13. The molecule has 0 fully saturated rings. The second-order valence-corrected chi connectivity index (χ2v) is 3.93. The smallest absolute Gasteiger partial charge is 0.0735 e. The van der Waals surface area contributed by atoms with Crippen LogP contribution in [0.5, 0.6) is 0 Å². The molecule has 0 spiro atoms. The van der Waals surface area contributed by atoms with E-state index in [4.69, 9.17) is 0 Å². The van der Waals surface area contributed by atoms with E-state index in [0.29, 0.717) is 5.37 Å². The third kappa shape index (κ3) is 2.10. The maximum Gasteiger partial charge on any atom is 0.0735 e. The van der Waals surface area contributed by atoms with Gasteiger partial charge in [0.15, 0.2) is 0 Å². The number of thioether (sulfide) groups is 1. The molecule has 1 atom stereocenters. The molecule has 0 amide bonds. The Bertz CT molecular complexity index is 178. The first-order chi connectivity index (χ1) is 4.68. The van der Waals surface area contributed by atoms with Gasteiger partial charge in [-0.25, -0.2) is 0 Å². The van der Waals surface area contributed by atoms with Crippen molar-refractivity contribution in [2.24, 2.45) is 0 Å². The molecule has 56 valence electrons. The monoisotopic (exact) mass is 155 g/mol. The van der Waals surface area contributed by atoms with Crippen LogP contribution in [0, 0.1) is 0 Å². The predicted molar refractivity (Wildman–Crippen MR) is 47.7 cm³/mol. The number of hydrogen-bond donors (Lipinski definition) is 1. The second kappa shape index (κ2) is 3.15. The number of allylic oxidation sites excluding steroid dienone is 2. The molecule has 0 saturated carbocycles. The topological polar surface area (TPSA) is 12.0 Å². The van der Waals surface area contributed by atoms with Crippen molar-refractivity contribution in [2.75, 3.05) is 0 Å². The molecule has 10 heavy (non-hydrogen) atoms. The van der Waals surface area contributed by atoms with Gasteiger partial charge < -0.3 is 5.32 Å². The van der Waals surface area contributed by atoms with Gasteiger partial charge in [0.25, 0.3) is 0 Å². The summed E-state index contributed by atoms with van der Waals surface area (Å²) in [5.41, 5.74) is 2.59. The molecule has 1 aliphatic rings. The molecule has 1 nitrogen and oxygen atoms in total. The molecule has 1 unspecified atom stereocenters. The summed E-state index contributed by atoms with van der Waals surface area (Å²) in [7, 11) is 0. The van der Waals surface area contributed by atoms with Crippen molar-refractivity contribution in [1.82, 2.24) is 5.32 Å². The van der Waals surface area contributed by atoms with Gasteiger partial charge >= 0.3 is 0 Å². The maximum absolute atomic E-state index is 3.33. The molecule has 0 bridgehead atoms. The Kier molecular flexibility index (Phi) is 2.44. The standard InChI is InChI=1S/C8H13NS/c1-6(2)4-8-5-10-7(3)9-8/h4-5,7,9H,1-3H3. The van der Waals surface area contributed by atoms with Crippen LogP contribution in [0.1, 0.15) is 20.8 Å². The van der Waals surface area contributed by atoms with E-state index >= 15 is 0 Å². The Balaban J connectivity index is 2.52. The van der Waals surface area contributed by atoms with Gasteiger partial charge in [-0.3, -0.25) is 0 Å². The predicted octanol–water partition coefficient (Wildman–Crippen LogP) is 2.48. The third-order valence-electron chi connectivity index (χ3n) is 1.21. The highest BCUT2D eigenvalue weighted by Crippen LogP contribution is 2.20. The number of hydrogen-bond acceptors (Lipinski definition) is 2. The van der Waals surface area contributed by atoms with Crippen molar-refractivity contribution in [2.45, 2.75) is 26.1 Å². The van der Waals surface area contributed by atoms with E-state index in [-0.39, 0.29) is 0 Å². The van der Waals surface area contributed by atoms with Crippen LogP contribution >= 0.6 is 11.8 Å². The zero-order chi connectivity index (χ0) is 7.56. The first-order valence-corrected chi connectivity index (χ1v) is 4.40. The van der Waals surface area contributed by atoms with Gasteiger partial charge in [0.05, 0.1) is 5.37 Å². The Morgan fingerprint density at radius 1 is 1.70 bits per heavy atom. The van der Waals surface area contributed by atoms with Gasteiger partial charge in [0.2, 0.25) is 0 Å². The molecule has 0 aromatic carbocycles. The lowest BCUT2D eigenvalue weighted by Gasteiger charge is -2.03. The SMILES string of the molecule is CC(C)=CC1=CSC(C)N1. The Morgan fingerprint density at radius 2 is 2.40 bits per heavy atom. The molecule has 0 aromatic heterocycles. The highest BCUT2D eigenvalue weighted by atomic mass is 32.2. The van der Waals surface area contributed by atoms with Crippen molar-refractivity contribution in [1.29, 1.82) is 0 Å². The largest absolute Gasteiger partial charge is 0.373 e. The molecule has 1 rings (SSSR count). The lowest BCUT2D eigenvalue weighted by molar-refractivity contribution is 0.839. The second-order valence-electron chi connectivity index (χ2n) is 2.72. The molecule has 0 aliphatic carbocycles. The van der Waals surface area contributed by atoms with E-state index in [1.54, 1.807) is 0 Å². The Morgan fingerprint density at radius 3 is 2.80 bits per heavy atom. The van der Waals surface area contributed by atoms with Crippen molar-refractivity contribution < 1.29 is 0 Å². The molecular weight excluding hydrogens is 142 g/mol. The van der Waals surface area contributed by atoms with E-state index in [0.717, 1.165) is 0 Å². The molecule has 1 N–H and O–H groups in total. The minimum atomic E-state index is 0.547. The van der Waals surface area contributed by atoms with Gasteiger partial charge in [-0.2, -0.15) is 0 Å². The fourth-order valence-electron chi connectivity index (χ4n) is 0.865. The van der Waals surface area contributed by atoms with Crippen LogP contribution in [0.3, 0.4) is 0 Å². The first-order valence-electron chi connectivity index (χ1n) is 3.45. The zero-order valence-electron chi connectivity index (χ0n) is 6.64. The fourth-order valence-corrected chi connectivity index (χ4v) is 1.56. The van der Waals surface area contributed by atoms with Crippen LogP contribution in [0.4, 0.5) is 0 Å². The maximum atomic E-state index is 3.33. The molecule has 0 radical (unpaired) electrons. The summed E-state index contributed by atoms with van der Waals surface area (Å²) in [5.74, 6) is 0. The van der Waals surface area contributed by atoms with Gasteiger partial charge in [-0.1, -0.05) is 5.57 Å². The van der Waals surface area contributed by atoms with Gasteiger partial charge in [-0.15, -0.1) is 11.8 Å². The van der Waals surface area contributed by atoms with E-state index in [9.17, 15) is 0 Å². The zero-order valence-corrected chi connectivity index (χ0v) is 7.46. The normalized spacial score (nSPS) is 23.5. The van der Waals surface area contributed by atoms with E-state index in [2.05, 4.69) is 37.6 Å². The van der Waals surface area contributed by atoms with Crippen LogP contribution in [-0.2, 0) is 0 Å². The molecule has 1 aliphatic heterocycles. The van der Waals surface area contributed by atoms with E-state index in [1.807, 2.05) is 11.8 Å². The van der Waals surface area contributed by atoms with Gasteiger partial charge in [0, 0.05) is 5.70 Å². The summed E-state index contributed by atoms with van der Waals surface area (Å²) in [6.45, 7) is 6.37. The van der Waals surface area contributed by atoms with Crippen LogP contribution in [0.25, 0.3) is 0 Å².